The summed E-state index contributed by atoms with van der Waals surface area (Å²) < 4.78 is 0. The van der Waals surface area contributed by atoms with Crippen LogP contribution in [0.2, 0.25) is 0 Å². The largest absolute Gasteiger partial charge is 0.315 e. The Morgan fingerprint density at radius 2 is 1.95 bits per heavy atom. The van der Waals surface area contributed by atoms with Crippen LogP contribution < -0.4 is 5.32 Å². The van der Waals surface area contributed by atoms with E-state index in [-0.39, 0.29) is 0 Å². The number of hydrogen-bond acceptors (Lipinski definition) is 2. The zero-order valence-corrected chi connectivity index (χ0v) is 13.7. The zero-order chi connectivity index (χ0) is 14.7. The maximum Gasteiger partial charge on any atom is 0.0240 e. The number of aryl methyl sites for hydroxylation is 2. The number of nitrogens with zero attached hydrogens (tertiary/aromatic N) is 1. The first-order valence-electron chi connectivity index (χ1n) is 8.73. The smallest absolute Gasteiger partial charge is 0.0240 e. The van der Waals surface area contributed by atoms with Crippen LogP contribution in [0.1, 0.15) is 48.8 Å². The molecule has 1 aliphatic heterocycles. The molecule has 1 saturated heterocycles. The van der Waals surface area contributed by atoms with Crippen LogP contribution in [-0.4, -0.2) is 30.6 Å². The van der Waals surface area contributed by atoms with Crippen LogP contribution in [0.3, 0.4) is 0 Å². The summed E-state index contributed by atoms with van der Waals surface area (Å²) in [6, 6.07) is 7.65. The molecule has 2 nitrogen and oxygen atoms in total. The van der Waals surface area contributed by atoms with Gasteiger partial charge in [0.25, 0.3) is 0 Å². The highest BCUT2D eigenvalue weighted by Crippen LogP contribution is 2.28. The Hall–Kier alpha value is -0.860. The molecule has 0 amide bonds. The Labute approximate surface area is 129 Å². The topological polar surface area (TPSA) is 15.3 Å². The quantitative estimate of drug-likeness (QED) is 0.888. The van der Waals surface area contributed by atoms with E-state index in [4.69, 9.17) is 0 Å². The number of benzene rings is 1. The van der Waals surface area contributed by atoms with Gasteiger partial charge in [-0.05, 0) is 56.7 Å². The fourth-order valence-electron chi connectivity index (χ4n) is 4.01. The number of nitrogens with one attached hydrogen (secondary N) is 1. The minimum absolute atomic E-state index is 0.741. The fourth-order valence-corrected chi connectivity index (χ4v) is 4.01. The first-order chi connectivity index (χ1) is 10.2. The van der Waals surface area contributed by atoms with Gasteiger partial charge in [0.1, 0.15) is 0 Å². The summed E-state index contributed by atoms with van der Waals surface area (Å²) in [5, 5.41) is 3.55. The molecule has 21 heavy (non-hydrogen) atoms. The second-order valence-corrected chi connectivity index (χ2v) is 7.16. The van der Waals surface area contributed by atoms with Crippen LogP contribution in [0.25, 0.3) is 0 Å². The summed E-state index contributed by atoms with van der Waals surface area (Å²) in [7, 11) is 0. The van der Waals surface area contributed by atoms with Crippen LogP contribution >= 0.6 is 0 Å². The van der Waals surface area contributed by atoms with Crippen LogP contribution in [-0.2, 0) is 6.54 Å². The van der Waals surface area contributed by atoms with E-state index in [2.05, 4.69) is 42.3 Å². The van der Waals surface area contributed by atoms with Gasteiger partial charge in [0, 0.05) is 25.7 Å². The van der Waals surface area contributed by atoms with Gasteiger partial charge >= 0.3 is 0 Å². The summed E-state index contributed by atoms with van der Waals surface area (Å²) in [6.07, 6.45) is 7.11. The van der Waals surface area contributed by atoms with Gasteiger partial charge in [0.15, 0.2) is 0 Å². The summed E-state index contributed by atoms with van der Waals surface area (Å²) in [5.74, 6) is 0.940. The third kappa shape index (κ3) is 3.87. The molecule has 0 aromatic heterocycles. The lowest BCUT2D eigenvalue weighted by atomic mass is 10.0. The number of rotatable bonds is 5. The van der Waals surface area contributed by atoms with E-state index >= 15 is 0 Å². The molecule has 2 fully saturated rings. The van der Waals surface area contributed by atoms with Crippen LogP contribution in [0.5, 0.6) is 0 Å². The molecule has 2 heteroatoms. The van der Waals surface area contributed by atoms with E-state index in [1.165, 1.54) is 68.4 Å². The summed E-state index contributed by atoms with van der Waals surface area (Å²) in [4.78, 5) is 2.78. The maximum absolute atomic E-state index is 3.55. The molecule has 1 N–H and O–H groups in total. The normalized spacial score (nSPS) is 23.3. The highest BCUT2D eigenvalue weighted by Gasteiger charge is 2.26. The van der Waals surface area contributed by atoms with Crippen molar-refractivity contribution in [1.82, 2.24) is 10.2 Å². The molecule has 1 atom stereocenters. The fraction of sp³-hybridized carbons (Fsp3) is 0.684. The lowest BCUT2D eigenvalue weighted by Gasteiger charge is -2.31. The van der Waals surface area contributed by atoms with Crippen molar-refractivity contribution in [3.8, 4) is 0 Å². The van der Waals surface area contributed by atoms with Crippen LogP contribution in [0.4, 0.5) is 0 Å². The lowest BCUT2D eigenvalue weighted by Crippen LogP contribution is -2.39. The van der Waals surface area contributed by atoms with Gasteiger partial charge in [0.05, 0.1) is 0 Å². The first kappa shape index (κ1) is 15.1. The standard InChI is InChI=1S/C19H30N2/c1-15-7-8-16(2)18(11-15)14-21(19-9-10-20-12-19)13-17-5-3-4-6-17/h7-8,11,17,19-20H,3-6,9-10,12-14H2,1-2H3/t19-/m0/s1. The molecule has 1 heterocycles. The van der Waals surface area contributed by atoms with Gasteiger partial charge < -0.3 is 5.32 Å². The van der Waals surface area contributed by atoms with Crippen molar-refractivity contribution < 1.29 is 0 Å². The van der Waals surface area contributed by atoms with Crippen molar-refractivity contribution in [2.45, 2.75) is 58.5 Å². The van der Waals surface area contributed by atoms with Gasteiger partial charge in [-0.3, -0.25) is 4.90 Å². The third-order valence-electron chi connectivity index (χ3n) is 5.40. The predicted molar refractivity (Wildman–Crippen MR) is 89.6 cm³/mol. The maximum atomic E-state index is 3.55. The Balaban J connectivity index is 1.72. The highest BCUT2D eigenvalue weighted by molar-refractivity contribution is 5.30. The zero-order valence-electron chi connectivity index (χ0n) is 13.7. The summed E-state index contributed by atoms with van der Waals surface area (Å²) >= 11 is 0. The van der Waals surface area contributed by atoms with E-state index in [0.717, 1.165) is 18.5 Å². The summed E-state index contributed by atoms with van der Waals surface area (Å²) in [6.45, 7) is 9.28. The minimum atomic E-state index is 0.741. The molecule has 1 saturated carbocycles. The Morgan fingerprint density at radius 1 is 1.14 bits per heavy atom. The molecular formula is C19H30N2. The van der Waals surface area contributed by atoms with Gasteiger partial charge in [-0.15, -0.1) is 0 Å². The van der Waals surface area contributed by atoms with E-state index in [9.17, 15) is 0 Å². The number of hydrogen-bond donors (Lipinski definition) is 1. The highest BCUT2D eigenvalue weighted by atomic mass is 15.2. The third-order valence-corrected chi connectivity index (χ3v) is 5.40. The molecule has 0 spiro atoms. The molecule has 3 rings (SSSR count). The van der Waals surface area contributed by atoms with Crippen LogP contribution in [0, 0.1) is 19.8 Å². The molecule has 116 valence electrons. The second-order valence-electron chi connectivity index (χ2n) is 7.16. The molecule has 1 aromatic rings. The van der Waals surface area contributed by atoms with E-state index in [1.54, 1.807) is 0 Å². The molecule has 0 unspecified atom stereocenters. The molecule has 2 aliphatic rings. The van der Waals surface area contributed by atoms with Crippen molar-refractivity contribution in [3.63, 3.8) is 0 Å². The minimum Gasteiger partial charge on any atom is -0.315 e. The molecule has 1 aliphatic carbocycles. The van der Waals surface area contributed by atoms with Gasteiger partial charge in [-0.25, -0.2) is 0 Å². The lowest BCUT2D eigenvalue weighted by molar-refractivity contribution is 0.168. The van der Waals surface area contributed by atoms with E-state index in [0.29, 0.717) is 0 Å². The Morgan fingerprint density at radius 3 is 2.67 bits per heavy atom. The van der Waals surface area contributed by atoms with Crippen molar-refractivity contribution in [3.05, 3.63) is 34.9 Å². The second kappa shape index (κ2) is 6.93. The molecule has 0 bridgehead atoms. The van der Waals surface area contributed by atoms with Gasteiger partial charge in [-0.1, -0.05) is 36.6 Å². The van der Waals surface area contributed by atoms with Crippen molar-refractivity contribution in [2.24, 2.45) is 5.92 Å². The van der Waals surface area contributed by atoms with Crippen molar-refractivity contribution in [1.29, 1.82) is 0 Å². The first-order valence-corrected chi connectivity index (χ1v) is 8.73. The molecule has 0 radical (unpaired) electrons. The summed E-state index contributed by atoms with van der Waals surface area (Å²) in [5.41, 5.74) is 4.36. The average Bonchev–Trinajstić information content (AvgIpc) is 3.14. The SMILES string of the molecule is Cc1ccc(C)c(CN(CC2CCCC2)[C@H]2CCNC2)c1. The van der Waals surface area contributed by atoms with E-state index in [1.807, 2.05) is 0 Å². The monoisotopic (exact) mass is 286 g/mol. The van der Waals surface area contributed by atoms with Gasteiger partial charge in [0.2, 0.25) is 0 Å². The van der Waals surface area contributed by atoms with Crippen molar-refractivity contribution in [2.75, 3.05) is 19.6 Å². The van der Waals surface area contributed by atoms with E-state index < -0.39 is 0 Å². The predicted octanol–water partition coefficient (Wildman–Crippen LogP) is 3.66. The molecular weight excluding hydrogens is 256 g/mol. The molecule has 1 aromatic carbocycles. The Kier molecular flexibility index (Phi) is 4.97. The Bertz CT molecular complexity index is 457. The van der Waals surface area contributed by atoms with Crippen LogP contribution in [0.15, 0.2) is 18.2 Å². The van der Waals surface area contributed by atoms with Gasteiger partial charge in [-0.2, -0.15) is 0 Å². The average molecular weight is 286 g/mol. The van der Waals surface area contributed by atoms with Crippen molar-refractivity contribution >= 4 is 0 Å².